The molecule has 0 heterocycles. The molecule has 23 heavy (non-hydrogen) atoms. The number of aryl methyl sites for hydroxylation is 1. The topological polar surface area (TPSA) is 39.7 Å². The third-order valence-electron chi connectivity index (χ3n) is 4.29. The smallest absolute Gasteiger partial charge is 0.191 e. The van der Waals surface area contributed by atoms with Gasteiger partial charge < -0.3 is 15.5 Å². The fourth-order valence-electron chi connectivity index (χ4n) is 2.77. The Bertz CT molecular complexity index is 536. The molecule has 1 aromatic rings. The van der Waals surface area contributed by atoms with Gasteiger partial charge in [0.2, 0.25) is 0 Å². The fraction of sp³-hybridized carbons (Fsp3) is 0.611. The molecule has 1 aromatic carbocycles. The molecule has 1 atom stereocenters. The van der Waals surface area contributed by atoms with Crippen LogP contribution in [0.1, 0.15) is 30.9 Å². The first-order valence-electron chi connectivity index (χ1n) is 8.45. The molecular formula is C18H29FN4. The van der Waals surface area contributed by atoms with Gasteiger partial charge in [-0.25, -0.2) is 9.38 Å². The van der Waals surface area contributed by atoms with E-state index in [9.17, 15) is 4.39 Å². The number of guanidine groups is 1. The Hall–Kier alpha value is -1.62. The molecule has 0 aliphatic heterocycles. The van der Waals surface area contributed by atoms with Crippen molar-refractivity contribution in [3.8, 4) is 0 Å². The SMILES string of the molecule is CCNC(=NCc1ccc(F)c(C)c1)NCC(C1CC1)N(C)C. The summed E-state index contributed by atoms with van der Waals surface area (Å²) in [7, 11) is 4.27. The molecule has 2 N–H and O–H groups in total. The molecule has 0 bridgehead atoms. The van der Waals surface area contributed by atoms with Crippen LogP contribution in [0.2, 0.25) is 0 Å². The normalized spacial score (nSPS) is 16.5. The van der Waals surface area contributed by atoms with Crippen molar-refractivity contribution >= 4 is 5.96 Å². The molecule has 0 amide bonds. The van der Waals surface area contributed by atoms with Crippen molar-refractivity contribution in [2.75, 3.05) is 27.2 Å². The zero-order valence-electron chi connectivity index (χ0n) is 14.7. The largest absolute Gasteiger partial charge is 0.357 e. The second-order valence-corrected chi connectivity index (χ2v) is 6.53. The highest BCUT2D eigenvalue weighted by molar-refractivity contribution is 5.79. The van der Waals surface area contributed by atoms with Gasteiger partial charge in [-0.3, -0.25) is 0 Å². The molecule has 0 radical (unpaired) electrons. The van der Waals surface area contributed by atoms with Gasteiger partial charge in [-0.2, -0.15) is 0 Å². The second kappa shape index (κ2) is 8.29. The molecule has 1 aliphatic carbocycles. The van der Waals surface area contributed by atoms with Crippen molar-refractivity contribution < 1.29 is 4.39 Å². The van der Waals surface area contributed by atoms with Crippen molar-refractivity contribution in [3.05, 3.63) is 35.1 Å². The van der Waals surface area contributed by atoms with Crippen LogP contribution in [0.5, 0.6) is 0 Å². The minimum atomic E-state index is -0.166. The number of likely N-dealkylation sites (N-methyl/N-ethyl adjacent to an activating group) is 1. The zero-order valence-corrected chi connectivity index (χ0v) is 14.7. The van der Waals surface area contributed by atoms with Crippen LogP contribution in [0.3, 0.4) is 0 Å². The van der Waals surface area contributed by atoms with Gasteiger partial charge in [0.25, 0.3) is 0 Å². The van der Waals surface area contributed by atoms with E-state index in [2.05, 4.69) is 41.5 Å². The predicted molar refractivity (Wildman–Crippen MR) is 94.2 cm³/mol. The summed E-state index contributed by atoms with van der Waals surface area (Å²) in [5.74, 6) is 1.46. The first-order chi connectivity index (χ1) is 11.0. The lowest BCUT2D eigenvalue weighted by atomic mass is 10.1. The number of nitrogens with one attached hydrogen (secondary N) is 2. The van der Waals surface area contributed by atoms with E-state index in [1.54, 1.807) is 13.0 Å². The van der Waals surface area contributed by atoms with E-state index in [-0.39, 0.29) is 5.82 Å². The summed E-state index contributed by atoms with van der Waals surface area (Å²) in [6, 6.07) is 5.71. The zero-order chi connectivity index (χ0) is 16.8. The molecule has 1 unspecified atom stereocenters. The third-order valence-corrected chi connectivity index (χ3v) is 4.29. The van der Waals surface area contributed by atoms with Crippen LogP contribution >= 0.6 is 0 Å². The molecule has 1 saturated carbocycles. The number of benzene rings is 1. The summed E-state index contributed by atoms with van der Waals surface area (Å²) < 4.78 is 13.3. The lowest BCUT2D eigenvalue weighted by Gasteiger charge is -2.25. The average Bonchev–Trinajstić information content (AvgIpc) is 3.32. The highest BCUT2D eigenvalue weighted by Gasteiger charge is 2.32. The lowest BCUT2D eigenvalue weighted by Crippen LogP contribution is -2.46. The van der Waals surface area contributed by atoms with E-state index in [0.717, 1.165) is 30.5 Å². The van der Waals surface area contributed by atoms with E-state index in [4.69, 9.17) is 0 Å². The number of aliphatic imine (C=N–C) groups is 1. The van der Waals surface area contributed by atoms with Crippen LogP contribution in [0, 0.1) is 18.7 Å². The van der Waals surface area contributed by atoms with Crippen molar-refractivity contribution in [2.24, 2.45) is 10.9 Å². The standard InChI is InChI=1S/C18H29FN4/c1-5-20-18(22-12-17(23(3)4)15-7-8-15)21-11-14-6-9-16(19)13(2)10-14/h6,9-10,15,17H,5,7-8,11-12H2,1-4H3,(H2,20,21,22). The lowest BCUT2D eigenvalue weighted by molar-refractivity contribution is 0.264. The van der Waals surface area contributed by atoms with E-state index in [1.807, 2.05) is 6.07 Å². The van der Waals surface area contributed by atoms with Gasteiger partial charge in [-0.1, -0.05) is 12.1 Å². The minimum absolute atomic E-state index is 0.166. The molecule has 5 heteroatoms. The maximum atomic E-state index is 13.3. The fourth-order valence-corrected chi connectivity index (χ4v) is 2.77. The Morgan fingerprint density at radius 3 is 2.65 bits per heavy atom. The number of hydrogen-bond donors (Lipinski definition) is 2. The Labute approximate surface area is 139 Å². The van der Waals surface area contributed by atoms with Gasteiger partial charge in [-0.05, 0) is 63.9 Å². The van der Waals surface area contributed by atoms with Crippen molar-refractivity contribution in [1.82, 2.24) is 15.5 Å². The first kappa shape index (κ1) is 17.7. The second-order valence-electron chi connectivity index (χ2n) is 6.53. The molecular weight excluding hydrogens is 291 g/mol. The summed E-state index contributed by atoms with van der Waals surface area (Å²) in [6.45, 7) is 6.11. The quantitative estimate of drug-likeness (QED) is 0.599. The molecule has 1 fully saturated rings. The van der Waals surface area contributed by atoms with Crippen LogP contribution in [-0.2, 0) is 6.54 Å². The van der Waals surface area contributed by atoms with E-state index in [1.165, 1.54) is 18.9 Å². The van der Waals surface area contributed by atoms with Gasteiger partial charge in [-0.15, -0.1) is 0 Å². The number of rotatable bonds is 7. The highest BCUT2D eigenvalue weighted by Crippen LogP contribution is 2.34. The van der Waals surface area contributed by atoms with Crippen molar-refractivity contribution in [3.63, 3.8) is 0 Å². The van der Waals surface area contributed by atoms with Crippen LogP contribution in [0.4, 0.5) is 4.39 Å². The van der Waals surface area contributed by atoms with Crippen LogP contribution in [-0.4, -0.2) is 44.1 Å². The van der Waals surface area contributed by atoms with Gasteiger partial charge in [0, 0.05) is 19.1 Å². The number of hydrogen-bond acceptors (Lipinski definition) is 2. The predicted octanol–water partition coefficient (Wildman–Crippen LogP) is 2.53. The third kappa shape index (κ3) is 5.50. The molecule has 1 aliphatic rings. The van der Waals surface area contributed by atoms with Crippen molar-refractivity contribution in [1.29, 1.82) is 0 Å². The van der Waals surface area contributed by atoms with E-state index >= 15 is 0 Å². The molecule has 4 nitrogen and oxygen atoms in total. The summed E-state index contributed by atoms with van der Waals surface area (Å²) >= 11 is 0. The average molecular weight is 320 g/mol. The Balaban J connectivity index is 1.94. The summed E-state index contributed by atoms with van der Waals surface area (Å²) in [5.41, 5.74) is 1.68. The minimum Gasteiger partial charge on any atom is -0.357 e. The molecule has 2 rings (SSSR count). The Morgan fingerprint density at radius 2 is 2.09 bits per heavy atom. The number of nitrogens with zero attached hydrogens (tertiary/aromatic N) is 2. The number of halogens is 1. The van der Waals surface area contributed by atoms with Crippen LogP contribution in [0.25, 0.3) is 0 Å². The molecule has 128 valence electrons. The summed E-state index contributed by atoms with van der Waals surface area (Å²) in [6.07, 6.45) is 2.65. The summed E-state index contributed by atoms with van der Waals surface area (Å²) in [4.78, 5) is 6.91. The van der Waals surface area contributed by atoms with Crippen LogP contribution < -0.4 is 10.6 Å². The first-order valence-corrected chi connectivity index (χ1v) is 8.45. The van der Waals surface area contributed by atoms with Crippen LogP contribution in [0.15, 0.2) is 23.2 Å². The molecule has 0 saturated heterocycles. The van der Waals surface area contributed by atoms with Gasteiger partial charge >= 0.3 is 0 Å². The van der Waals surface area contributed by atoms with Gasteiger partial charge in [0.05, 0.1) is 6.54 Å². The Morgan fingerprint density at radius 1 is 1.35 bits per heavy atom. The van der Waals surface area contributed by atoms with Gasteiger partial charge in [0.1, 0.15) is 5.82 Å². The summed E-state index contributed by atoms with van der Waals surface area (Å²) in [5, 5.41) is 6.72. The monoisotopic (exact) mass is 320 g/mol. The van der Waals surface area contributed by atoms with E-state index < -0.39 is 0 Å². The van der Waals surface area contributed by atoms with E-state index in [0.29, 0.717) is 18.2 Å². The highest BCUT2D eigenvalue weighted by atomic mass is 19.1. The molecule has 0 spiro atoms. The molecule has 0 aromatic heterocycles. The maximum Gasteiger partial charge on any atom is 0.191 e. The maximum absolute atomic E-state index is 13.3. The van der Waals surface area contributed by atoms with Crippen molar-refractivity contribution in [2.45, 2.75) is 39.3 Å². The van der Waals surface area contributed by atoms with Gasteiger partial charge in [0.15, 0.2) is 5.96 Å². The Kier molecular flexibility index (Phi) is 6.39.